The molecular formula is C12H21N5O4. The summed E-state index contributed by atoms with van der Waals surface area (Å²) in [6.07, 6.45) is 1.16. The summed E-state index contributed by atoms with van der Waals surface area (Å²) in [6.45, 7) is 0.279. The maximum atomic E-state index is 12.2. The van der Waals surface area contributed by atoms with E-state index in [0.29, 0.717) is 19.4 Å². The van der Waals surface area contributed by atoms with Crippen molar-refractivity contribution in [1.29, 1.82) is 0 Å². The maximum Gasteiger partial charge on any atom is 0.243 e. The Morgan fingerprint density at radius 2 is 1.90 bits per heavy atom. The molecule has 0 aromatic heterocycles. The maximum absolute atomic E-state index is 12.2. The first-order chi connectivity index (χ1) is 9.86. The number of nitrogens with zero attached hydrogens (tertiary/aromatic N) is 1. The Hall–Kier alpha value is -2.16. The van der Waals surface area contributed by atoms with Gasteiger partial charge in [-0.2, -0.15) is 0 Å². The molecule has 0 radical (unpaired) electrons. The zero-order valence-electron chi connectivity index (χ0n) is 11.7. The van der Waals surface area contributed by atoms with Crippen LogP contribution in [0.1, 0.15) is 25.7 Å². The molecule has 1 rings (SSSR count). The van der Waals surface area contributed by atoms with Crippen molar-refractivity contribution in [3.8, 4) is 0 Å². The Balaban J connectivity index is 2.66. The van der Waals surface area contributed by atoms with Gasteiger partial charge >= 0.3 is 0 Å². The van der Waals surface area contributed by atoms with Gasteiger partial charge in [0.2, 0.25) is 23.6 Å². The van der Waals surface area contributed by atoms with Crippen LogP contribution in [-0.4, -0.2) is 53.7 Å². The van der Waals surface area contributed by atoms with Gasteiger partial charge in [0.1, 0.15) is 12.1 Å². The van der Waals surface area contributed by atoms with E-state index in [1.54, 1.807) is 0 Å². The molecule has 4 amide bonds. The number of carbonyl (C=O) groups is 4. The summed E-state index contributed by atoms with van der Waals surface area (Å²) < 4.78 is 0. The minimum atomic E-state index is -0.986. The summed E-state index contributed by atoms with van der Waals surface area (Å²) in [6, 6.07) is -1.64. The number of rotatable bonds is 7. The van der Waals surface area contributed by atoms with E-state index in [4.69, 9.17) is 17.2 Å². The van der Waals surface area contributed by atoms with Gasteiger partial charge in [-0.25, -0.2) is 0 Å². The van der Waals surface area contributed by atoms with Crippen molar-refractivity contribution in [3.63, 3.8) is 0 Å². The highest BCUT2D eigenvalue weighted by atomic mass is 16.2. The Labute approximate surface area is 122 Å². The number of hydrogen-bond donors (Lipinski definition) is 4. The second-order valence-corrected chi connectivity index (χ2v) is 4.92. The van der Waals surface area contributed by atoms with Gasteiger partial charge in [-0.15, -0.1) is 0 Å². The number of nitrogens with two attached hydrogens (primary N) is 3. The fourth-order valence-electron chi connectivity index (χ4n) is 2.30. The zero-order chi connectivity index (χ0) is 16.0. The van der Waals surface area contributed by atoms with Gasteiger partial charge in [-0.05, 0) is 19.3 Å². The van der Waals surface area contributed by atoms with Crippen molar-refractivity contribution in [2.24, 2.45) is 17.2 Å². The van der Waals surface area contributed by atoms with E-state index in [1.165, 1.54) is 4.90 Å². The van der Waals surface area contributed by atoms with Crippen LogP contribution in [0.25, 0.3) is 0 Å². The third-order valence-corrected chi connectivity index (χ3v) is 3.39. The number of hydrogen-bond acceptors (Lipinski definition) is 5. The SMILES string of the molecule is NCC(=O)N1CCCC1C(=O)NC(CCC(N)=O)C(N)=O. The molecule has 0 bridgehead atoms. The fraction of sp³-hybridized carbons (Fsp3) is 0.667. The highest BCUT2D eigenvalue weighted by Crippen LogP contribution is 2.17. The van der Waals surface area contributed by atoms with Crippen molar-refractivity contribution in [3.05, 3.63) is 0 Å². The fourth-order valence-corrected chi connectivity index (χ4v) is 2.30. The van der Waals surface area contributed by atoms with E-state index in [-0.39, 0.29) is 25.3 Å². The highest BCUT2D eigenvalue weighted by molar-refractivity contribution is 5.92. The van der Waals surface area contributed by atoms with Gasteiger partial charge in [-0.3, -0.25) is 19.2 Å². The molecular weight excluding hydrogens is 278 g/mol. The first-order valence-corrected chi connectivity index (χ1v) is 6.74. The van der Waals surface area contributed by atoms with E-state index in [2.05, 4.69) is 5.32 Å². The Bertz CT molecular complexity index is 439. The van der Waals surface area contributed by atoms with Gasteiger partial charge in [0.15, 0.2) is 0 Å². The second-order valence-electron chi connectivity index (χ2n) is 4.92. The molecule has 1 saturated heterocycles. The van der Waals surface area contributed by atoms with E-state index in [1.807, 2.05) is 0 Å². The van der Waals surface area contributed by atoms with Crippen LogP contribution in [0.15, 0.2) is 0 Å². The molecule has 0 aromatic rings. The molecule has 1 aliphatic rings. The average Bonchev–Trinajstić information content (AvgIpc) is 2.91. The minimum Gasteiger partial charge on any atom is -0.370 e. The molecule has 0 aromatic carbocycles. The number of amides is 4. The van der Waals surface area contributed by atoms with E-state index in [0.717, 1.165) is 0 Å². The summed E-state index contributed by atoms with van der Waals surface area (Å²) in [5.41, 5.74) is 15.5. The molecule has 2 unspecified atom stereocenters. The summed E-state index contributed by atoms with van der Waals surface area (Å²) in [5, 5.41) is 2.47. The molecule has 1 aliphatic heterocycles. The van der Waals surface area contributed by atoms with Crippen LogP contribution in [0.3, 0.4) is 0 Å². The highest BCUT2D eigenvalue weighted by Gasteiger charge is 2.34. The molecule has 0 aliphatic carbocycles. The Morgan fingerprint density at radius 1 is 1.24 bits per heavy atom. The van der Waals surface area contributed by atoms with E-state index >= 15 is 0 Å². The Kier molecular flexibility index (Phi) is 6.10. The van der Waals surface area contributed by atoms with Crippen LogP contribution in [0, 0.1) is 0 Å². The van der Waals surface area contributed by atoms with Gasteiger partial charge < -0.3 is 27.4 Å². The summed E-state index contributed by atoms with van der Waals surface area (Å²) in [7, 11) is 0. The van der Waals surface area contributed by atoms with E-state index in [9.17, 15) is 19.2 Å². The lowest BCUT2D eigenvalue weighted by Gasteiger charge is -2.25. The van der Waals surface area contributed by atoms with Crippen LogP contribution < -0.4 is 22.5 Å². The van der Waals surface area contributed by atoms with Crippen molar-refractivity contribution >= 4 is 23.6 Å². The van der Waals surface area contributed by atoms with Crippen molar-refractivity contribution in [2.45, 2.75) is 37.8 Å². The van der Waals surface area contributed by atoms with Gasteiger partial charge in [0.05, 0.1) is 6.54 Å². The van der Waals surface area contributed by atoms with Crippen molar-refractivity contribution in [2.75, 3.05) is 13.1 Å². The summed E-state index contributed by atoms with van der Waals surface area (Å²) in [4.78, 5) is 47.2. The molecule has 9 nitrogen and oxygen atoms in total. The van der Waals surface area contributed by atoms with Crippen LogP contribution >= 0.6 is 0 Å². The summed E-state index contributed by atoms with van der Waals surface area (Å²) >= 11 is 0. The zero-order valence-corrected chi connectivity index (χ0v) is 11.7. The van der Waals surface area contributed by atoms with Gasteiger partial charge in [-0.1, -0.05) is 0 Å². The molecule has 2 atom stereocenters. The molecule has 1 heterocycles. The Morgan fingerprint density at radius 3 is 2.43 bits per heavy atom. The number of likely N-dealkylation sites (tertiary alicyclic amines) is 1. The first kappa shape index (κ1) is 16.9. The number of nitrogens with one attached hydrogen (secondary N) is 1. The molecule has 118 valence electrons. The van der Waals surface area contributed by atoms with Gasteiger partial charge in [0.25, 0.3) is 0 Å². The largest absolute Gasteiger partial charge is 0.370 e. The molecule has 9 heteroatoms. The molecule has 7 N–H and O–H groups in total. The van der Waals surface area contributed by atoms with Gasteiger partial charge in [0, 0.05) is 13.0 Å². The van der Waals surface area contributed by atoms with Crippen LogP contribution in [0.2, 0.25) is 0 Å². The molecule has 21 heavy (non-hydrogen) atoms. The lowest BCUT2D eigenvalue weighted by atomic mass is 10.1. The second kappa shape index (κ2) is 7.58. The molecule has 0 saturated carbocycles. The molecule has 0 spiro atoms. The predicted octanol–water partition coefficient (Wildman–Crippen LogP) is -2.83. The van der Waals surface area contributed by atoms with Crippen LogP contribution in [0.5, 0.6) is 0 Å². The van der Waals surface area contributed by atoms with Crippen LogP contribution in [-0.2, 0) is 19.2 Å². The average molecular weight is 299 g/mol. The predicted molar refractivity (Wildman–Crippen MR) is 73.3 cm³/mol. The minimum absolute atomic E-state index is 0.0357. The van der Waals surface area contributed by atoms with Crippen LogP contribution in [0.4, 0.5) is 0 Å². The third-order valence-electron chi connectivity index (χ3n) is 3.39. The normalized spacial score (nSPS) is 19.1. The smallest absolute Gasteiger partial charge is 0.243 e. The lowest BCUT2D eigenvalue weighted by molar-refractivity contribution is -0.138. The standard InChI is InChI=1S/C12H21N5O4/c13-6-10(19)17-5-1-2-8(17)12(21)16-7(11(15)20)3-4-9(14)18/h7-8H,1-6,13H2,(H2,14,18)(H2,15,20)(H,16,21). The number of carbonyl (C=O) groups excluding carboxylic acids is 4. The monoisotopic (exact) mass is 299 g/mol. The van der Waals surface area contributed by atoms with Crippen molar-refractivity contribution in [1.82, 2.24) is 10.2 Å². The third kappa shape index (κ3) is 4.71. The quantitative estimate of drug-likeness (QED) is 0.398. The summed E-state index contributed by atoms with van der Waals surface area (Å²) in [5.74, 6) is -2.13. The first-order valence-electron chi connectivity index (χ1n) is 6.74. The molecule has 1 fully saturated rings. The number of primary amides is 2. The lowest BCUT2D eigenvalue weighted by Crippen LogP contribution is -2.53. The van der Waals surface area contributed by atoms with E-state index < -0.39 is 29.8 Å². The van der Waals surface area contributed by atoms with Crippen molar-refractivity contribution < 1.29 is 19.2 Å². The topological polar surface area (TPSA) is 162 Å².